The van der Waals surface area contributed by atoms with Gasteiger partial charge in [0.05, 0.1) is 21.0 Å². The van der Waals surface area contributed by atoms with E-state index < -0.39 is 9.84 Å². The van der Waals surface area contributed by atoms with Gasteiger partial charge < -0.3 is 20.4 Å². The highest BCUT2D eigenvalue weighted by atomic mass is 32.2. The molecule has 7 nitrogen and oxygen atoms in total. The summed E-state index contributed by atoms with van der Waals surface area (Å²) in [6.45, 7) is 8.29. The standard InChI is InChI=1S/C27H31N5O2S/c33-35(34,24-5-2-4-23(8-24)31-14-19-9-28-10-20(19)15-31)25-7-18-3-1-6-26(27(18)30-13-25)32-16-21-11-29-12-22(21)17-32/h1-8,13,19-22,28-29H,9-12,14-17H2. The summed E-state index contributed by atoms with van der Waals surface area (Å²) >= 11 is 0. The van der Waals surface area contributed by atoms with Gasteiger partial charge >= 0.3 is 0 Å². The van der Waals surface area contributed by atoms with Gasteiger partial charge in [-0.15, -0.1) is 0 Å². The van der Waals surface area contributed by atoms with E-state index in [-0.39, 0.29) is 4.90 Å². The van der Waals surface area contributed by atoms with E-state index in [0.29, 0.717) is 28.6 Å². The van der Waals surface area contributed by atoms with Gasteiger partial charge in [0.15, 0.2) is 0 Å². The van der Waals surface area contributed by atoms with Crippen LogP contribution in [-0.2, 0) is 9.84 Å². The van der Waals surface area contributed by atoms with Crippen LogP contribution in [0.1, 0.15) is 0 Å². The Morgan fingerprint density at radius 1 is 0.743 bits per heavy atom. The van der Waals surface area contributed by atoms with E-state index in [0.717, 1.165) is 74.6 Å². The molecule has 4 atom stereocenters. The maximum absolute atomic E-state index is 13.6. The van der Waals surface area contributed by atoms with E-state index in [9.17, 15) is 8.42 Å². The summed E-state index contributed by atoms with van der Waals surface area (Å²) in [4.78, 5) is 10.0. The van der Waals surface area contributed by atoms with E-state index in [1.807, 2.05) is 30.3 Å². The van der Waals surface area contributed by atoms with Gasteiger partial charge in [-0.2, -0.15) is 0 Å². The monoisotopic (exact) mass is 489 g/mol. The highest BCUT2D eigenvalue weighted by molar-refractivity contribution is 7.91. The number of rotatable bonds is 4. The Labute approximate surface area is 206 Å². The van der Waals surface area contributed by atoms with Crippen LogP contribution in [0, 0.1) is 23.7 Å². The first-order chi connectivity index (χ1) is 17.1. The summed E-state index contributed by atoms with van der Waals surface area (Å²) in [7, 11) is -3.67. The Morgan fingerprint density at radius 2 is 1.37 bits per heavy atom. The van der Waals surface area contributed by atoms with Gasteiger partial charge in [-0.1, -0.05) is 18.2 Å². The molecule has 4 unspecified atom stereocenters. The predicted octanol–water partition coefficient (Wildman–Crippen LogP) is 2.38. The van der Waals surface area contributed by atoms with Crippen LogP contribution in [0.25, 0.3) is 10.9 Å². The van der Waals surface area contributed by atoms with Crippen LogP contribution in [0.3, 0.4) is 0 Å². The van der Waals surface area contributed by atoms with Gasteiger partial charge in [0, 0.05) is 69.6 Å². The number of para-hydroxylation sites is 1. The third-order valence-electron chi connectivity index (χ3n) is 8.59. The van der Waals surface area contributed by atoms with Gasteiger partial charge in [0.2, 0.25) is 9.84 Å². The summed E-state index contributed by atoms with van der Waals surface area (Å²) in [5.74, 6) is 2.67. The minimum Gasteiger partial charge on any atom is -0.371 e. The maximum Gasteiger partial charge on any atom is 0.208 e. The van der Waals surface area contributed by atoms with Gasteiger partial charge in [-0.25, -0.2) is 8.42 Å². The fourth-order valence-electron chi connectivity index (χ4n) is 6.63. The van der Waals surface area contributed by atoms with Gasteiger partial charge in [-0.05, 0) is 54.0 Å². The molecule has 0 bridgehead atoms. The quantitative estimate of drug-likeness (QED) is 0.583. The summed E-state index contributed by atoms with van der Waals surface area (Å²) in [6.07, 6.45) is 1.54. The van der Waals surface area contributed by atoms with Crippen molar-refractivity contribution in [3.8, 4) is 0 Å². The van der Waals surface area contributed by atoms with Crippen LogP contribution in [0.4, 0.5) is 11.4 Å². The number of fused-ring (bicyclic) bond motifs is 3. The molecule has 8 heteroatoms. The number of hydrogen-bond acceptors (Lipinski definition) is 7. The SMILES string of the molecule is O=S(=O)(c1cccc(N2CC3CNCC3C2)c1)c1cnc2c(N3CC4CNCC4C3)cccc2c1. The third kappa shape index (κ3) is 3.61. The molecule has 0 aliphatic carbocycles. The molecule has 4 saturated heterocycles. The van der Waals surface area contributed by atoms with Crippen molar-refractivity contribution >= 4 is 32.1 Å². The molecule has 5 heterocycles. The largest absolute Gasteiger partial charge is 0.371 e. The van der Waals surface area contributed by atoms with Crippen molar-refractivity contribution in [1.82, 2.24) is 15.6 Å². The van der Waals surface area contributed by atoms with E-state index in [1.54, 1.807) is 12.1 Å². The van der Waals surface area contributed by atoms with Crippen molar-refractivity contribution in [3.63, 3.8) is 0 Å². The first-order valence-corrected chi connectivity index (χ1v) is 14.2. The number of aromatic nitrogens is 1. The molecule has 0 spiro atoms. The van der Waals surface area contributed by atoms with E-state index in [1.165, 1.54) is 6.20 Å². The second kappa shape index (κ2) is 8.18. The molecule has 0 amide bonds. The lowest BCUT2D eigenvalue weighted by Crippen LogP contribution is -2.25. The minimum atomic E-state index is -3.67. The zero-order valence-electron chi connectivity index (χ0n) is 19.7. The third-order valence-corrected chi connectivity index (χ3v) is 10.3. The average molecular weight is 490 g/mol. The average Bonchev–Trinajstić information content (AvgIpc) is 3.64. The van der Waals surface area contributed by atoms with Crippen LogP contribution in [-0.4, -0.2) is 65.8 Å². The molecule has 2 N–H and O–H groups in total. The Bertz CT molecular complexity index is 1370. The summed E-state index contributed by atoms with van der Waals surface area (Å²) in [5, 5.41) is 7.82. The minimum absolute atomic E-state index is 0.254. The number of hydrogen-bond donors (Lipinski definition) is 2. The van der Waals surface area contributed by atoms with Gasteiger partial charge in [0.1, 0.15) is 0 Å². The molecule has 0 saturated carbocycles. The Kier molecular flexibility index (Phi) is 5.05. The Balaban J connectivity index is 1.19. The van der Waals surface area contributed by atoms with Gasteiger partial charge in [0.25, 0.3) is 0 Å². The molecule has 0 radical (unpaired) electrons. The molecule has 182 valence electrons. The van der Waals surface area contributed by atoms with Crippen LogP contribution in [0.15, 0.2) is 64.5 Å². The number of sulfone groups is 1. The zero-order chi connectivity index (χ0) is 23.6. The Morgan fingerprint density at radius 3 is 2.06 bits per heavy atom. The number of benzene rings is 2. The first kappa shape index (κ1) is 21.6. The fourth-order valence-corrected chi connectivity index (χ4v) is 7.91. The normalized spacial score (nSPS) is 28.1. The van der Waals surface area contributed by atoms with Crippen molar-refractivity contribution < 1.29 is 8.42 Å². The second-order valence-electron chi connectivity index (χ2n) is 10.7. The molecule has 7 rings (SSSR count). The molecular weight excluding hydrogens is 458 g/mol. The van der Waals surface area contributed by atoms with Crippen LogP contribution in [0.2, 0.25) is 0 Å². The highest BCUT2D eigenvalue weighted by Gasteiger charge is 2.37. The lowest BCUT2D eigenvalue weighted by Gasteiger charge is -2.21. The van der Waals surface area contributed by atoms with Crippen LogP contribution in [0.5, 0.6) is 0 Å². The molecule has 35 heavy (non-hydrogen) atoms. The lowest BCUT2D eigenvalue weighted by molar-refractivity contribution is 0.533. The summed E-state index contributed by atoms with van der Waals surface area (Å²) < 4.78 is 27.3. The van der Waals surface area contributed by atoms with Crippen molar-refractivity contribution in [3.05, 3.63) is 54.7 Å². The highest BCUT2D eigenvalue weighted by Crippen LogP contribution is 2.36. The molecule has 4 aliphatic heterocycles. The molecule has 1 aromatic heterocycles. The molecule has 4 fully saturated rings. The van der Waals surface area contributed by atoms with Gasteiger partial charge in [-0.3, -0.25) is 4.98 Å². The summed E-state index contributed by atoms with van der Waals surface area (Å²) in [6, 6.07) is 15.3. The number of anilines is 2. The van der Waals surface area contributed by atoms with E-state index in [4.69, 9.17) is 4.98 Å². The molecule has 2 aromatic carbocycles. The lowest BCUT2D eigenvalue weighted by atomic mass is 10.0. The topological polar surface area (TPSA) is 77.6 Å². The van der Waals surface area contributed by atoms with Crippen LogP contribution >= 0.6 is 0 Å². The zero-order valence-corrected chi connectivity index (χ0v) is 20.5. The predicted molar refractivity (Wildman–Crippen MR) is 138 cm³/mol. The van der Waals surface area contributed by atoms with E-state index >= 15 is 0 Å². The van der Waals surface area contributed by atoms with Crippen molar-refractivity contribution in [2.75, 3.05) is 62.2 Å². The van der Waals surface area contributed by atoms with E-state index in [2.05, 4.69) is 26.5 Å². The van der Waals surface area contributed by atoms with Crippen molar-refractivity contribution in [2.24, 2.45) is 23.7 Å². The van der Waals surface area contributed by atoms with Crippen molar-refractivity contribution in [2.45, 2.75) is 9.79 Å². The number of pyridine rings is 1. The second-order valence-corrected chi connectivity index (χ2v) is 12.6. The smallest absolute Gasteiger partial charge is 0.208 e. The molecule has 4 aliphatic rings. The molecule has 3 aromatic rings. The molecular formula is C27H31N5O2S. The number of nitrogens with one attached hydrogen (secondary N) is 2. The fraction of sp³-hybridized carbons (Fsp3) is 0.444. The summed E-state index contributed by atoms with van der Waals surface area (Å²) in [5.41, 5.74) is 2.98. The maximum atomic E-state index is 13.6. The van der Waals surface area contributed by atoms with Crippen LogP contribution < -0.4 is 20.4 Å². The Hall–Kier alpha value is -2.68. The number of nitrogens with zero attached hydrogens (tertiary/aromatic N) is 3. The first-order valence-electron chi connectivity index (χ1n) is 12.7. The van der Waals surface area contributed by atoms with Crippen molar-refractivity contribution in [1.29, 1.82) is 0 Å².